The van der Waals surface area contributed by atoms with Gasteiger partial charge < -0.3 is 33.7 Å². The molecule has 15 rings (SSSR count). The van der Waals surface area contributed by atoms with Crippen LogP contribution in [0.15, 0.2) is 207 Å². The molecule has 10 aliphatic rings. The standard InChI is InChI=1S/2C22H22F3O2S.C15H18F6O5S.C14H17F5O5S.C7H8O3S.Na/c2*1-21(26,22(23,24)25)16-27-17-12-14-20(15-13-17)28(18-8-4-2-5-9-18)19-10-6-3-7-11-19;16-14(17,18)13(15(19,20)21,7-27(23,24)25)26-11(22)12-4-8-1-9(5-12)3-10(2-8)6-12;15-13(16,17)10(14(18,19)25(21,22)23)24-11(20)12-4-7-1-8(5-12)3-9(2-7)6-12;1-6-2-4-7(5-3-6)11(8,9)10;/h2*2-10,12-15,19,26H,11,16H2,1H3;8-10H,1-7H2,(H,23,24,25);7-10H,1-6H2,(H,21,22,23);2-5H,1H3,(H,8,9,10);/q2*+1;;;;+1/p-1. The molecule has 8 saturated carbocycles. The molecule has 17 nitrogen and oxygen atoms in total. The number of hydrogen-bond donors (Lipinski definition) is 4. The first-order chi connectivity index (χ1) is 54.9. The summed E-state index contributed by atoms with van der Waals surface area (Å²) in [5.74, 6) is -4.82. The summed E-state index contributed by atoms with van der Waals surface area (Å²) in [5.41, 5.74) is -12.9. The summed E-state index contributed by atoms with van der Waals surface area (Å²) in [4.78, 5) is 29.4. The molecular formula is C80H86F17NaO17S5+2. The van der Waals surface area contributed by atoms with Crippen molar-refractivity contribution in [2.45, 2.75) is 205 Å². The monoisotopic (exact) mass is 1820 g/mol. The predicted octanol–water partition coefficient (Wildman–Crippen LogP) is 15.2. The van der Waals surface area contributed by atoms with Crippen molar-refractivity contribution in [2.75, 3.05) is 19.0 Å². The Morgan fingerprint density at radius 2 is 0.800 bits per heavy atom. The average Bonchev–Trinajstić information content (AvgIpc) is 0.717. The third kappa shape index (κ3) is 24.7. The average molecular weight is 1830 g/mol. The van der Waals surface area contributed by atoms with Gasteiger partial charge in [-0.1, -0.05) is 90.6 Å². The minimum Gasteiger partial charge on any atom is -0.744 e. The van der Waals surface area contributed by atoms with Crippen LogP contribution in [-0.4, -0.2) is 150 Å². The van der Waals surface area contributed by atoms with Crippen LogP contribution >= 0.6 is 0 Å². The second kappa shape index (κ2) is 38.3. The van der Waals surface area contributed by atoms with Gasteiger partial charge in [0, 0.05) is 12.8 Å². The smallest absolute Gasteiger partial charge is 0.744 e. The van der Waals surface area contributed by atoms with Crippen LogP contribution in [0.5, 0.6) is 11.5 Å². The maximum atomic E-state index is 13.6. The van der Waals surface area contributed by atoms with E-state index in [1.807, 2.05) is 91.9 Å². The number of aryl methyl sites for hydroxylation is 1. The maximum absolute atomic E-state index is 13.6. The van der Waals surface area contributed by atoms with Crippen LogP contribution in [0.25, 0.3) is 0 Å². The number of benzene rings is 5. The van der Waals surface area contributed by atoms with Crippen molar-refractivity contribution >= 4 is 64.1 Å². The molecule has 5 aromatic rings. The van der Waals surface area contributed by atoms with Gasteiger partial charge in [0.25, 0.3) is 16.2 Å². The maximum Gasteiger partial charge on any atom is 1.00 e. The van der Waals surface area contributed by atoms with E-state index in [1.165, 1.54) is 21.9 Å². The van der Waals surface area contributed by atoms with Crippen LogP contribution in [0.1, 0.15) is 109 Å². The number of esters is 2. The number of rotatable bonds is 21. The van der Waals surface area contributed by atoms with Gasteiger partial charge in [0.1, 0.15) is 40.6 Å². The number of carbonyl (C=O) groups excluding carboxylic acids is 2. The second-order valence-electron chi connectivity index (χ2n) is 31.5. The van der Waals surface area contributed by atoms with Gasteiger partial charge in [-0.15, -0.1) is 0 Å². The van der Waals surface area contributed by atoms with Gasteiger partial charge >= 0.3 is 93.4 Å². The summed E-state index contributed by atoms with van der Waals surface area (Å²) in [7, 11) is -16.9. The second-order valence-corrected chi connectivity index (χ2v) is 40.3. The Labute approximate surface area is 710 Å². The van der Waals surface area contributed by atoms with Crippen molar-refractivity contribution in [1.82, 2.24) is 0 Å². The minimum absolute atomic E-state index is 0. The van der Waals surface area contributed by atoms with Crippen LogP contribution < -0.4 is 39.0 Å². The zero-order valence-electron chi connectivity index (χ0n) is 64.6. The van der Waals surface area contributed by atoms with E-state index >= 15 is 0 Å². The van der Waals surface area contributed by atoms with Gasteiger partial charge in [-0.25, -0.2) is 8.42 Å². The van der Waals surface area contributed by atoms with Crippen LogP contribution in [0.2, 0.25) is 0 Å². The van der Waals surface area contributed by atoms with Crippen molar-refractivity contribution in [3.8, 4) is 11.5 Å². The molecule has 0 radical (unpaired) electrons. The molecule has 8 fully saturated rings. The molecule has 120 heavy (non-hydrogen) atoms. The van der Waals surface area contributed by atoms with Crippen molar-refractivity contribution in [2.24, 2.45) is 46.3 Å². The van der Waals surface area contributed by atoms with E-state index in [4.69, 9.17) is 18.6 Å². The molecule has 7 atom stereocenters. The summed E-state index contributed by atoms with van der Waals surface area (Å²) in [6.45, 7) is 1.53. The molecule has 40 heteroatoms. The Bertz CT molecular complexity index is 4550. The molecular weight excluding hydrogens is 1740 g/mol. The van der Waals surface area contributed by atoms with Crippen LogP contribution in [-0.2, 0) is 71.2 Å². The molecule has 0 aliphatic heterocycles. The number of ether oxygens (including phenoxy) is 4. The van der Waals surface area contributed by atoms with Gasteiger partial charge in [-0.2, -0.15) is 91.5 Å². The molecule has 5 aromatic carbocycles. The van der Waals surface area contributed by atoms with E-state index in [0.29, 0.717) is 35.8 Å². The van der Waals surface area contributed by atoms with Gasteiger partial charge in [0.2, 0.25) is 0 Å². The molecule has 8 bridgehead atoms. The third-order valence-corrected chi connectivity index (χ3v) is 29.4. The number of aliphatic hydroxyl groups is 2. The topological polar surface area (TPSA) is 277 Å². The van der Waals surface area contributed by atoms with Gasteiger partial charge in [0.15, 0.2) is 41.3 Å². The molecule has 0 saturated heterocycles. The van der Waals surface area contributed by atoms with Gasteiger partial charge in [-0.05, 0) is 230 Å². The van der Waals surface area contributed by atoms with Crippen LogP contribution in [0.3, 0.4) is 0 Å². The number of hydrogen-bond acceptors (Lipinski definition) is 15. The van der Waals surface area contributed by atoms with E-state index in [2.05, 4.69) is 58.0 Å². The largest absolute Gasteiger partial charge is 1.00 e. The minimum atomic E-state index is -6.42. The first-order valence-corrected chi connectivity index (χ1v) is 44.1. The predicted molar refractivity (Wildman–Crippen MR) is 401 cm³/mol. The summed E-state index contributed by atoms with van der Waals surface area (Å²) >= 11 is 0. The van der Waals surface area contributed by atoms with E-state index in [-0.39, 0.29) is 130 Å². The van der Waals surface area contributed by atoms with Crippen molar-refractivity contribution in [1.29, 1.82) is 0 Å². The quantitative estimate of drug-likeness (QED) is 0.0175. The zero-order valence-corrected chi connectivity index (χ0v) is 70.7. The summed E-state index contributed by atoms with van der Waals surface area (Å²) in [6.07, 6.45) is -7.32. The normalized spacial score (nSPS) is 25.5. The number of alkyl halides is 17. The van der Waals surface area contributed by atoms with Gasteiger partial charge in [0.05, 0.1) is 37.5 Å². The fraction of sp³-hybridized carbons (Fsp3) is 0.500. The molecule has 0 amide bonds. The molecule has 7 unspecified atom stereocenters. The molecule has 4 N–H and O–H groups in total. The molecule has 0 spiro atoms. The summed E-state index contributed by atoms with van der Waals surface area (Å²) < 4.78 is 333. The SMILES string of the molecule is CC(O)(COc1ccc([S+](c2ccccc2)C2C=CC=CC2)cc1)C(F)(F)F.CC(O)(COc1ccc([S+](c2ccccc2)C2C=CC=CC2)cc1)C(F)(F)F.Cc1ccc(S(=O)(=O)[O-])cc1.O=C(OC(C(F)(F)F)C(F)(F)S(=O)(=O)O)C12CC3CC(CC(C3)C1)C2.O=C(OC(CS(=O)(=O)O)(C(F)(F)F)C(F)(F)F)C12CC3CC(CC(C3)C1)C2.[Na+]. The third-order valence-electron chi connectivity index (χ3n) is 21.9. The molecule has 10 aliphatic carbocycles. The van der Waals surface area contributed by atoms with Crippen molar-refractivity contribution in [3.05, 3.63) is 188 Å². The Balaban J connectivity index is 0.000000190. The first-order valence-electron chi connectivity index (χ1n) is 37.1. The Kier molecular flexibility index (Phi) is 31.7. The Morgan fingerprint density at radius 1 is 0.475 bits per heavy atom. The summed E-state index contributed by atoms with van der Waals surface area (Å²) in [5, 5.41) is 14.0. The van der Waals surface area contributed by atoms with Crippen molar-refractivity contribution in [3.63, 3.8) is 0 Å². The molecule has 0 heterocycles. The van der Waals surface area contributed by atoms with E-state index in [9.17, 15) is 124 Å². The van der Waals surface area contributed by atoms with Crippen LogP contribution in [0, 0.1) is 53.3 Å². The number of halogens is 17. The fourth-order valence-corrected chi connectivity index (χ4v) is 23.3. The first kappa shape index (κ1) is 99.2. The Morgan fingerprint density at radius 3 is 1.07 bits per heavy atom. The van der Waals surface area contributed by atoms with Crippen LogP contribution in [0.4, 0.5) is 74.6 Å². The number of allylic oxidation sites excluding steroid dienone is 6. The number of carbonyl (C=O) groups is 2. The Hall–Kier alpha value is -6.24. The zero-order chi connectivity index (χ0) is 88.2. The molecule has 0 aromatic heterocycles. The van der Waals surface area contributed by atoms with E-state index in [0.717, 1.165) is 66.7 Å². The van der Waals surface area contributed by atoms with E-state index < -0.39 is 131 Å². The van der Waals surface area contributed by atoms with E-state index in [1.54, 1.807) is 36.4 Å². The summed E-state index contributed by atoms with van der Waals surface area (Å²) in [6, 6.07) is 40.4. The van der Waals surface area contributed by atoms with Gasteiger partial charge in [-0.3, -0.25) is 18.7 Å². The van der Waals surface area contributed by atoms with Crippen molar-refractivity contribution < 1.29 is 182 Å². The molecule has 656 valence electrons. The fourth-order valence-electron chi connectivity index (χ4n) is 16.7.